The van der Waals surface area contributed by atoms with E-state index in [0.717, 1.165) is 19.0 Å². The van der Waals surface area contributed by atoms with Gasteiger partial charge in [-0.3, -0.25) is 0 Å². The molecule has 1 aliphatic heterocycles. The smallest absolute Gasteiger partial charge is 0.116 e. The molecule has 1 N–H and O–H groups in total. The molecule has 1 aliphatic carbocycles. The molecule has 2 nitrogen and oxygen atoms in total. The van der Waals surface area contributed by atoms with Crippen molar-refractivity contribution in [2.24, 2.45) is 0 Å². The molecule has 0 unspecified atom stereocenters. The first kappa shape index (κ1) is 9.08. The predicted octanol–water partition coefficient (Wildman–Crippen LogP) is 2.70. The normalized spacial score (nSPS) is 20.9. The number of benzene rings is 1. The van der Waals surface area contributed by atoms with Gasteiger partial charge in [-0.15, -0.1) is 0 Å². The summed E-state index contributed by atoms with van der Waals surface area (Å²) in [5, 5.41) is 9.43. The average molecular weight is 203 g/mol. The van der Waals surface area contributed by atoms with Gasteiger partial charge in [-0.1, -0.05) is 12.8 Å². The first-order valence-electron chi connectivity index (χ1n) is 5.93. The van der Waals surface area contributed by atoms with Crippen molar-refractivity contribution in [3.8, 4) is 5.75 Å². The first-order valence-corrected chi connectivity index (χ1v) is 5.93. The molecule has 2 aliphatic rings. The number of nitrogens with zero attached hydrogens (tertiary/aromatic N) is 1. The van der Waals surface area contributed by atoms with E-state index in [-0.39, 0.29) is 0 Å². The minimum atomic E-state index is 0.405. The Hall–Kier alpha value is -1.18. The Morgan fingerprint density at radius 3 is 2.80 bits per heavy atom. The number of fused-ring (bicyclic) bond motifs is 1. The van der Waals surface area contributed by atoms with Crippen LogP contribution in [0.25, 0.3) is 0 Å². The molecular weight excluding hydrogens is 186 g/mol. The van der Waals surface area contributed by atoms with Gasteiger partial charge in [-0.25, -0.2) is 0 Å². The van der Waals surface area contributed by atoms with Crippen molar-refractivity contribution in [3.63, 3.8) is 0 Å². The second-order valence-electron chi connectivity index (χ2n) is 4.69. The van der Waals surface area contributed by atoms with Gasteiger partial charge in [-0.05, 0) is 43.0 Å². The zero-order valence-corrected chi connectivity index (χ0v) is 8.95. The molecule has 0 amide bonds. The van der Waals surface area contributed by atoms with Crippen LogP contribution in [0.5, 0.6) is 5.75 Å². The van der Waals surface area contributed by atoms with Crippen molar-refractivity contribution < 1.29 is 5.11 Å². The second-order valence-corrected chi connectivity index (χ2v) is 4.69. The zero-order valence-electron chi connectivity index (χ0n) is 8.95. The molecule has 0 radical (unpaired) electrons. The van der Waals surface area contributed by atoms with Crippen molar-refractivity contribution in [1.82, 2.24) is 0 Å². The lowest BCUT2D eigenvalue weighted by molar-refractivity contribution is 0.475. The molecule has 0 saturated heterocycles. The third kappa shape index (κ3) is 1.48. The summed E-state index contributed by atoms with van der Waals surface area (Å²) < 4.78 is 0. The van der Waals surface area contributed by atoms with Gasteiger partial charge in [0.15, 0.2) is 0 Å². The van der Waals surface area contributed by atoms with Gasteiger partial charge in [-0.2, -0.15) is 0 Å². The number of hydrogen-bond donors (Lipinski definition) is 1. The lowest BCUT2D eigenvalue weighted by Crippen LogP contribution is -2.31. The van der Waals surface area contributed by atoms with Crippen LogP contribution in [0.1, 0.15) is 31.2 Å². The van der Waals surface area contributed by atoms with Crippen molar-refractivity contribution in [2.75, 3.05) is 11.4 Å². The molecule has 0 bridgehead atoms. The van der Waals surface area contributed by atoms with Crippen LogP contribution in [0.15, 0.2) is 18.2 Å². The van der Waals surface area contributed by atoms with Crippen LogP contribution in [-0.2, 0) is 6.42 Å². The maximum Gasteiger partial charge on any atom is 0.116 e. The first-order chi connectivity index (χ1) is 7.34. The van der Waals surface area contributed by atoms with Gasteiger partial charge in [0.2, 0.25) is 0 Å². The predicted molar refractivity (Wildman–Crippen MR) is 61.4 cm³/mol. The molecule has 80 valence electrons. The SMILES string of the molecule is Oc1ccc2c(c1)CCN2C1CCCC1. The number of phenols is 1. The lowest BCUT2D eigenvalue weighted by atomic mass is 10.1. The van der Waals surface area contributed by atoms with Crippen LogP contribution >= 0.6 is 0 Å². The molecular formula is C13H17NO. The molecule has 1 aromatic rings. The molecule has 3 rings (SSSR count). The van der Waals surface area contributed by atoms with Gasteiger partial charge in [0.25, 0.3) is 0 Å². The number of rotatable bonds is 1. The summed E-state index contributed by atoms with van der Waals surface area (Å²) in [5.41, 5.74) is 2.68. The molecule has 0 atom stereocenters. The standard InChI is InChI=1S/C13H17NO/c15-12-5-6-13-10(9-12)7-8-14(13)11-3-1-2-4-11/h5-6,9,11,15H,1-4,7-8H2. The highest BCUT2D eigenvalue weighted by Gasteiger charge is 2.28. The molecule has 1 aromatic carbocycles. The summed E-state index contributed by atoms with van der Waals surface area (Å²) in [6, 6.07) is 6.57. The molecule has 0 aromatic heterocycles. The fraction of sp³-hybridized carbons (Fsp3) is 0.538. The number of anilines is 1. The minimum Gasteiger partial charge on any atom is -0.508 e. The molecule has 1 saturated carbocycles. The highest BCUT2D eigenvalue weighted by Crippen LogP contribution is 2.36. The van der Waals surface area contributed by atoms with Gasteiger partial charge >= 0.3 is 0 Å². The van der Waals surface area contributed by atoms with E-state index in [0.29, 0.717) is 5.75 Å². The Balaban J connectivity index is 1.90. The van der Waals surface area contributed by atoms with E-state index in [1.54, 1.807) is 0 Å². The van der Waals surface area contributed by atoms with Crippen LogP contribution in [0.3, 0.4) is 0 Å². The van der Waals surface area contributed by atoms with E-state index in [2.05, 4.69) is 11.0 Å². The third-order valence-corrected chi connectivity index (χ3v) is 3.76. The summed E-state index contributed by atoms with van der Waals surface area (Å²) >= 11 is 0. The summed E-state index contributed by atoms with van der Waals surface area (Å²) in [6.07, 6.45) is 6.56. The Bertz CT molecular complexity index is 369. The number of aromatic hydroxyl groups is 1. The quantitative estimate of drug-likeness (QED) is 0.758. The maximum absolute atomic E-state index is 9.43. The minimum absolute atomic E-state index is 0.405. The van der Waals surface area contributed by atoms with Crippen LogP contribution in [0.4, 0.5) is 5.69 Å². The molecule has 0 spiro atoms. The summed E-state index contributed by atoms with van der Waals surface area (Å²) in [4.78, 5) is 2.54. The molecule has 15 heavy (non-hydrogen) atoms. The van der Waals surface area contributed by atoms with E-state index in [1.165, 1.54) is 36.9 Å². The molecule has 1 fully saturated rings. The summed E-state index contributed by atoms with van der Waals surface area (Å²) in [6.45, 7) is 1.14. The van der Waals surface area contributed by atoms with E-state index in [1.807, 2.05) is 12.1 Å². The van der Waals surface area contributed by atoms with Crippen molar-refractivity contribution in [3.05, 3.63) is 23.8 Å². The van der Waals surface area contributed by atoms with E-state index >= 15 is 0 Å². The highest BCUT2D eigenvalue weighted by atomic mass is 16.3. The van der Waals surface area contributed by atoms with Crippen molar-refractivity contribution in [2.45, 2.75) is 38.1 Å². The topological polar surface area (TPSA) is 23.5 Å². The highest BCUT2D eigenvalue weighted by molar-refractivity contribution is 5.60. The van der Waals surface area contributed by atoms with Crippen LogP contribution in [0.2, 0.25) is 0 Å². The Labute approximate surface area is 90.5 Å². The summed E-state index contributed by atoms with van der Waals surface area (Å²) in [7, 11) is 0. The molecule has 2 heteroatoms. The number of hydrogen-bond acceptors (Lipinski definition) is 2. The van der Waals surface area contributed by atoms with E-state index in [9.17, 15) is 5.11 Å². The Morgan fingerprint density at radius 1 is 1.20 bits per heavy atom. The average Bonchev–Trinajstić information content (AvgIpc) is 2.82. The van der Waals surface area contributed by atoms with Crippen molar-refractivity contribution in [1.29, 1.82) is 0 Å². The summed E-state index contributed by atoms with van der Waals surface area (Å²) in [5.74, 6) is 0.405. The van der Waals surface area contributed by atoms with Gasteiger partial charge in [0, 0.05) is 18.3 Å². The largest absolute Gasteiger partial charge is 0.508 e. The van der Waals surface area contributed by atoms with Crippen LogP contribution < -0.4 is 4.90 Å². The van der Waals surface area contributed by atoms with E-state index in [4.69, 9.17) is 0 Å². The van der Waals surface area contributed by atoms with E-state index < -0.39 is 0 Å². The third-order valence-electron chi connectivity index (χ3n) is 3.76. The monoisotopic (exact) mass is 203 g/mol. The maximum atomic E-state index is 9.43. The second kappa shape index (κ2) is 3.44. The van der Waals surface area contributed by atoms with Gasteiger partial charge < -0.3 is 10.0 Å². The van der Waals surface area contributed by atoms with Crippen LogP contribution in [0, 0.1) is 0 Å². The molecule has 1 heterocycles. The Kier molecular flexibility index (Phi) is 2.08. The fourth-order valence-corrected chi connectivity index (χ4v) is 3.01. The Morgan fingerprint density at radius 2 is 2.00 bits per heavy atom. The van der Waals surface area contributed by atoms with Crippen molar-refractivity contribution >= 4 is 5.69 Å². The number of phenolic OH excluding ortho intramolecular Hbond substituents is 1. The van der Waals surface area contributed by atoms with Crippen LogP contribution in [-0.4, -0.2) is 17.7 Å². The zero-order chi connectivity index (χ0) is 10.3. The van der Waals surface area contributed by atoms with Gasteiger partial charge in [0.1, 0.15) is 5.75 Å². The van der Waals surface area contributed by atoms with Gasteiger partial charge in [0.05, 0.1) is 0 Å². The fourth-order valence-electron chi connectivity index (χ4n) is 3.01. The lowest BCUT2D eigenvalue weighted by Gasteiger charge is -2.26.